The van der Waals surface area contributed by atoms with E-state index in [2.05, 4.69) is 19.2 Å². The molecule has 434 valence electrons. The zero-order valence-electron chi connectivity index (χ0n) is 49.6. The fourth-order valence-corrected chi connectivity index (χ4v) is 10.7. The second-order valence-corrected chi connectivity index (χ2v) is 23.2. The molecule has 0 aromatic rings. The molecule has 0 rings (SSSR count). The minimum atomic E-state index is -0.846. The zero-order valence-corrected chi connectivity index (χ0v) is 49.6. The molecule has 0 spiro atoms. The summed E-state index contributed by atoms with van der Waals surface area (Å²) in [5.41, 5.74) is 0. The summed E-state index contributed by atoms with van der Waals surface area (Å²) in [7, 11) is 0. The average molecular weight is 1030 g/mol. The average Bonchev–Trinajstić information content (AvgIpc) is 3.39. The first-order chi connectivity index (χ1) is 36.0. The highest BCUT2D eigenvalue weighted by molar-refractivity contribution is 5.76. The monoisotopic (exact) mass is 1030 g/mol. The molecular weight excluding hydrogens is 899 g/mol. The van der Waals surface area contributed by atoms with Crippen molar-refractivity contribution in [3.8, 4) is 0 Å². The van der Waals surface area contributed by atoms with Gasteiger partial charge < -0.3 is 20.3 Å². The standard InChI is InChI=1S/C67H131NO5/c1-3-5-7-9-11-13-15-17-18-19-20-21-22-23-24-27-30-33-36-39-43-47-51-55-59-65(70)64(63-69)68-66(71)60-56-52-48-44-40-37-34-31-28-25-26-29-32-35-38-42-46-50-54-58-62-73-67(72)61-57-53-49-45-41-16-14-12-10-8-6-4-2/h55,59,64-65,69-70H,3-54,56-58,60-63H2,1-2H3,(H,68,71)/b59-55+. The van der Waals surface area contributed by atoms with Gasteiger partial charge in [-0.05, 0) is 32.1 Å². The summed E-state index contributed by atoms with van der Waals surface area (Å²) in [6.45, 7) is 4.94. The van der Waals surface area contributed by atoms with Crippen LogP contribution in [0.3, 0.4) is 0 Å². The lowest BCUT2D eigenvalue weighted by molar-refractivity contribution is -0.143. The summed E-state index contributed by atoms with van der Waals surface area (Å²) in [5.74, 6) is -0.0534. The maximum Gasteiger partial charge on any atom is 0.305 e. The molecule has 0 heterocycles. The molecule has 0 saturated carbocycles. The maximum atomic E-state index is 12.5. The van der Waals surface area contributed by atoms with Gasteiger partial charge in [-0.3, -0.25) is 9.59 Å². The molecule has 1 amide bonds. The minimum Gasteiger partial charge on any atom is -0.466 e. The number of hydrogen-bond donors (Lipinski definition) is 3. The number of nitrogens with one attached hydrogen (secondary N) is 1. The van der Waals surface area contributed by atoms with Crippen LogP contribution in [-0.4, -0.2) is 47.4 Å². The third-order valence-electron chi connectivity index (χ3n) is 15.8. The molecule has 0 radical (unpaired) electrons. The van der Waals surface area contributed by atoms with E-state index in [1.54, 1.807) is 6.08 Å². The number of hydrogen-bond acceptors (Lipinski definition) is 5. The van der Waals surface area contributed by atoms with Gasteiger partial charge in [-0.15, -0.1) is 0 Å². The summed E-state index contributed by atoms with van der Waals surface area (Å²) in [4.78, 5) is 24.5. The van der Waals surface area contributed by atoms with Crippen molar-refractivity contribution in [2.75, 3.05) is 13.2 Å². The highest BCUT2D eigenvalue weighted by atomic mass is 16.5. The predicted octanol–water partition coefficient (Wildman–Crippen LogP) is 21.2. The Labute approximate surface area is 457 Å². The van der Waals surface area contributed by atoms with Crippen LogP contribution in [0.15, 0.2) is 12.2 Å². The van der Waals surface area contributed by atoms with E-state index in [-0.39, 0.29) is 18.5 Å². The number of carbonyl (C=O) groups is 2. The van der Waals surface area contributed by atoms with Gasteiger partial charge in [0, 0.05) is 12.8 Å². The molecule has 0 aromatic carbocycles. The SMILES string of the molecule is CCCCCCCCCCCCCCCCCCCCCCCC/C=C/C(O)C(CO)NC(=O)CCCCCCCCCCCCCCCCCCCCCCOC(=O)CCCCCCCCCCCCCC. The Morgan fingerprint density at radius 3 is 0.932 bits per heavy atom. The second kappa shape index (κ2) is 63.1. The van der Waals surface area contributed by atoms with Crippen molar-refractivity contribution < 1.29 is 24.5 Å². The van der Waals surface area contributed by atoms with Crippen LogP contribution in [0.2, 0.25) is 0 Å². The van der Waals surface area contributed by atoms with Crippen molar-refractivity contribution in [1.29, 1.82) is 0 Å². The Hall–Kier alpha value is -1.40. The van der Waals surface area contributed by atoms with Gasteiger partial charge in [0.1, 0.15) is 0 Å². The van der Waals surface area contributed by atoms with Crippen molar-refractivity contribution in [3.05, 3.63) is 12.2 Å². The molecule has 0 aromatic heterocycles. The molecule has 0 bridgehead atoms. The van der Waals surface area contributed by atoms with Crippen LogP contribution in [-0.2, 0) is 14.3 Å². The number of amides is 1. The number of esters is 1. The lowest BCUT2D eigenvalue weighted by atomic mass is 10.0. The molecule has 0 saturated heterocycles. The first kappa shape index (κ1) is 71.6. The molecule has 6 heteroatoms. The van der Waals surface area contributed by atoms with Crippen molar-refractivity contribution in [2.45, 2.75) is 392 Å². The minimum absolute atomic E-state index is 0.0117. The van der Waals surface area contributed by atoms with Gasteiger partial charge in [0.2, 0.25) is 5.91 Å². The summed E-state index contributed by atoms with van der Waals surface area (Å²) < 4.78 is 5.48. The van der Waals surface area contributed by atoms with E-state index in [0.717, 1.165) is 38.5 Å². The van der Waals surface area contributed by atoms with Crippen LogP contribution in [0.5, 0.6) is 0 Å². The number of unbranched alkanes of at least 4 members (excludes halogenated alkanes) is 52. The van der Waals surface area contributed by atoms with Gasteiger partial charge in [0.25, 0.3) is 0 Å². The molecule has 0 aliphatic rings. The molecule has 0 aliphatic heterocycles. The normalized spacial score (nSPS) is 12.5. The van der Waals surface area contributed by atoms with Crippen molar-refractivity contribution in [3.63, 3.8) is 0 Å². The fraction of sp³-hybridized carbons (Fsp3) is 0.940. The Bertz CT molecular complexity index is 1100. The zero-order chi connectivity index (χ0) is 52.9. The molecule has 2 unspecified atom stereocenters. The van der Waals surface area contributed by atoms with E-state index in [9.17, 15) is 19.8 Å². The van der Waals surface area contributed by atoms with Crippen molar-refractivity contribution in [2.24, 2.45) is 0 Å². The number of rotatable bonds is 63. The van der Waals surface area contributed by atoms with E-state index >= 15 is 0 Å². The molecule has 3 N–H and O–H groups in total. The Kier molecular flexibility index (Phi) is 61.9. The maximum absolute atomic E-state index is 12.5. The smallest absolute Gasteiger partial charge is 0.305 e. The highest BCUT2D eigenvalue weighted by Crippen LogP contribution is 2.19. The second-order valence-electron chi connectivity index (χ2n) is 23.2. The number of ether oxygens (including phenoxy) is 1. The van der Waals surface area contributed by atoms with Crippen LogP contribution in [0.25, 0.3) is 0 Å². The van der Waals surface area contributed by atoms with E-state index in [0.29, 0.717) is 19.4 Å². The lowest BCUT2D eigenvalue weighted by Crippen LogP contribution is -2.45. The third kappa shape index (κ3) is 59.7. The van der Waals surface area contributed by atoms with Crippen LogP contribution in [0.4, 0.5) is 0 Å². The largest absolute Gasteiger partial charge is 0.466 e. The van der Waals surface area contributed by atoms with Crippen LogP contribution in [0.1, 0.15) is 380 Å². The van der Waals surface area contributed by atoms with Gasteiger partial charge in [-0.25, -0.2) is 0 Å². The topological polar surface area (TPSA) is 95.9 Å². The first-order valence-corrected chi connectivity index (χ1v) is 33.5. The number of aliphatic hydroxyl groups excluding tert-OH is 2. The fourth-order valence-electron chi connectivity index (χ4n) is 10.7. The van der Waals surface area contributed by atoms with Crippen LogP contribution < -0.4 is 5.32 Å². The van der Waals surface area contributed by atoms with E-state index in [1.807, 2.05) is 6.08 Å². The predicted molar refractivity (Wildman–Crippen MR) is 320 cm³/mol. The van der Waals surface area contributed by atoms with E-state index < -0.39 is 12.1 Å². The molecular formula is C67H131NO5. The highest BCUT2D eigenvalue weighted by Gasteiger charge is 2.18. The summed E-state index contributed by atoms with van der Waals surface area (Å²) in [5, 5.41) is 23.3. The van der Waals surface area contributed by atoms with Crippen LogP contribution in [0, 0.1) is 0 Å². The first-order valence-electron chi connectivity index (χ1n) is 33.5. The summed E-state index contributed by atoms with van der Waals surface area (Å²) >= 11 is 0. The van der Waals surface area contributed by atoms with Gasteiger partial charge in [0.05, 0.1) is 25.4 Å². The Morgan fingerprint density at radius 2 is 0.630 bits per heavy atom. The van der Waals surface area contributed by atoms with E-state index in [1.165, 1.54) is 315 Å². The van der Waals surface area contributed by atoms with Crippen LogP contribution >= 0.6 is 0 Å². The van der Waals surface area contributed by atoms with Gasteiger partial charge >= 0.3 is 5.97 Å². The van der Waals surface area contributed by atoms with Crippen molar-refractivity contribution in [1.82, 2.24) is 5.32 Å². The quantitative estimate of drug-likeness (QED) is 0.0320. The summed E-state index contributed by atoms with van der Waals surface area (Å²) in [6.07, 6.45) is 77.0. The van der Waals surface area contributed by atoms with Crippen molar-refractivity contribution >= 4 is 11.9 Å². The number of aliphatic hydroxyl groups is 2. The lowest BCUT2D eigenvalue weighted by Gasteiger charge is -2.20. The molecule has 0 fully saturated rings. The third-order valence-corrected chi connectivity index (χ3v) is 15.8. The Morgan fingerprint density at radius 1 is 0.370 bits per heavy atom. The Balaban J connectivity index is 3.42. The van der Waals surface area contributed by atoms with E-state index in [4.69, 9.17) is 4.74 Å². The number of carbonyl (C=O) groups excluding carboxylic acids is 2. The molecule has 6 nitrogen and oxygen atoms in total. The molecule has 0 aliphatic carbocycles. The summed E-state index contributed by atoms with van der Waals surface area (Å²) in [6, 6.07) is -0.630. The van der Waals surface area contributed by atoms with Gasteiger partial charge in [-0.2, -0.15) is 0 Å². The molecule has 73 heavy (non-hydrogen) atoms. The molecule has 2 atom stereocenters. The van der Waals surface area contributed by atoms with Gasteiger partial charge in [-0.1, -0.05) is 347 Å². The number of allylic oxidation sites excluding steroid dienone is 1. The van der Waals surface area contributed by atoms with Gasteiger partial charge in [0.15, 0.2) is 0 Å².